The van der Waals surface area contributed by atoms with Gasteiger partial charge in [0, 0.05) is 49.0 Å². The third kappa shape index (κ3) is 6.63. The molecule has 1 fully saturated rings. The lowest BCUT2D eigenvalue weighted by Crippen LogP contribution is -2.42. The summed E-state index contributed by atoms with van der Waals surface area (Å²) in [4.78, 5) is 7.03. The first-order valence-corrected chi connectivity index (χ1v) is 13.3. The third-order valence-electron chi connectivity index (χ3n) is 6.95. The second-order valence-electron chi connectivity index (χ2n) is 9.98. The van der Waals surface area contributed by atoms with E-state index in [4.69, 9.17) is 17.2 Å². The molecule has 35 heavy (non-hydrogen) atoms. The fraction of sp³-hybridized carbons (Fsp3) is 0.448. The minimum absolute atomic E-state index is 0.402. The number of anilines is 3. The lowest BCUT2D eigenvalue weighted by Gasteiger charge is -2.31. The zero-order valence-corrected chi connectivity index (χ0v) is 22.3. The Bertz CT molecular complexity index is 1150. The molecule has 1 saturated carbocycles. The maximum atomic E-state index is 5.64. The molecule has 1 aromatic heterocycles. The van der Waals surface area contributed by atoms with E-state index in [1.54, 1.807) is 0 Å². The number of hydrogen-bond donors (Lipinski definition) is 3. The van der Waals surface area contributed by atoms with Crippen molar-refractivity contribution in [2.45, 2.75) is 70.9 Å². The lowest BCUT2D eigenvalue weighted by atomic mass is 9.91. The van der Waals surface area contributed by atoms with Gasteiger partial charge >= 0.3 is 0 Å². The van der Waals surface area contributed by atoms with Crippen molar-refractivity contribution in [3.05, 3.63) is 59.7 Å². The molecule has 5 nitrogen and oxygen atoms in total. The summed E-state index contributed by atoms with van der Waals surface area (Å²) >= 11 is 5.64. The Balaban J connectivity index is 1.29. The quantitative estimate of drug-likeness (QED) is 0.308. The van der Waals surface area contributed by atoms with Gasteiger partial charge in [-0.2, -0.15) is 0 Å². The SMILES string of the molecule is CCCCc1ccc(NC(=S)N[C@H]2CC[C@@H](Nc3cc(N(C)C)c4ccccc4n3)CC2)c(C)c1. The number of rotatable bonds is 8. The second kappa shape index (κ2) is 11.7. The molecule has 6 heteroatoms. The lowest BCUT2D eigenvalue weighted by molar-refractivity contribution is 0.388. The highest BCUT2D eigenvalue weighted by Gasteiger charge is 2.22. The normalized spacial score (nSPS) is 17.7. The summed E-state index contributed by atoms with van der Waals surface area (Å²) in [7, 11) is 4.17. The van der Waals surface area contributed by atoms with Crippen molar-refractivity contribution in [2.75, 3.05) is 29.6 Å². The Kier molecular flexibility index (Phi) is 8.45. The molecular weight excluding hydrogens is 450 g/mol. The molecule has 0 radical (unpaired) electrons. The summed E-state index contributed by atoms with van der Waals surface area (Å²) in [5.74, 6) is 0.957. The van der Waals surface area contributed by atoms with E-state index in [0.29, 0.717) is 12.1 Å². The molecule has 0 atom stereocenters. The summed E-state index contributed by atoms with van der Waals surface area (Å²) in [6.07, 6.45) is 7.96. The van der Waals surface area contributed by atoms with E-state index in [1.165, 1.54) is 35.0 Å². The van der Waals surface area contributed by atoms with Crippen LogP contribution in [0.4, 0.5) is 17.2 Å². The van der Waals surface area contributed by atoms with Crippen molar-refractivity contribution in [3.63, 3.8) is 0 Å². The monoisotopic (exact) mass is 489 g/mol. The van der Waals surface area contributed by atoms with E-state index in [0.717, 1.165) is 54.2 Å². The highest BCUT2D eigenvalue weighted by molar-refractivity contribution is 7.80. The third-order valence-corrected chi connectivity index (χ3v) is 7.17. The van der Waals surface area contributed by atoms with E-state index in [2.05, 4.69) is 97.3 Å². The van der Waals surface area contributed by atoms with E-state index in [1.807, 2.05) is 0 Å². The number of para-hydroxylation sites is 1. The standard InChI is InChI=1S/C29H39N5S/c1-5-6-9-21-12-17-25(20(2)18-21)33-29(35)31-23-15-13-22(14-16-23)30-28-19-27(34(3)4)24-10-7-8-11-26(24)32-28/h7-8,10-12,17-19,22-23H,5-6,9,13-16H2,1-4H3,(H,30,32)(H2,31,33,35)/t22-,23+. The molecule has 0 unspecified atom stereocenters. The maximum Gasteiger partial charge on any atom is 0.171 e. The van der Waals surface area contributed by atoms with Crippen LogP contribution in [0.2, 0.25) is 0 Å². The summed E-state index contributed by atoms with van der Waals surface area (Å²) in [5.41, 5.74) is 5.96. The van der Waals surface area contributed by atoms with E-state index in [-0.39, 0.29) is 0 Å². The molecule has 2 aromatic carbocycles. The molecule has 0 aliphatic heterocycles. The van der Waals surface area contributed by atoms with Gasteiger partial charge in [-0.05, 0) is 80.9 Å². The van der Waals surface area contributed by atoms with Crippen LogP contribution in [-0.4, -0.2) is 36.3 Å². The van der Waals surface area contributed by atoms with Crippen LogP contribution in [-0.2, 0) is 6.42 Å². The Morgan fingerprint density at radius 3 is 2.49 bits per heavy atom. The Hall–Kier alpha value is -2.86. The fourth-order valence-electron chi connectivity index (χ4n) is 4.94. The van der Waals surface area contributed by atoms with Gasteiger partial charge in [0.15, 0.2) is 5.11 Å². The average molecular weight is 490 g/mol. The van der Waals surface area contributed by atoms with Gasteiger partial charge in [-0.3, -0.25) is 0 Å². The number of aryl methyl sites for hydroxylation is 2. The van der Waals surface area contributed by atoms with Crippen molar-refractivity contribution in [1.82, 2.24) is 10.3 Å². The first-order valence-electron chi connectivity index (χ1n) is 12.9. The van der Waals surface area contributed by atoms with Crippen LogP contribution in [0.1, 0.15) is 56.6 Å². The van der Waals surface area contributed by atoms with Crippen LogP contribution in [0.15, 0.2) is 48.5 Å². The second-order valence-corrected chi connectivity index (χ2v) is 10.4. The largest absolute Gasteiger partial charge is 0.377 e. The summed E-state index contributed by atoms with van der Waals surface area (Å²) in [5, 5.41) is 12.6. The summed E-state index contributed by atoms with van der Waals surface area (Å²) < 4.78 is 0. The molecule has 0 amide bonds. The Morgan fingerprint density at radius 1 is 1.03 bits per heavy atom. The van der Waals surface area contributed by atoms with Crippen LogP contribution < -0.4 is 20.9 Å². The molecular formula is C29H39N5S. The first kappa shape index (κ1) is 25.2. The number of fused-ring (bicyclic) bond motifs is 1. The molecule has 0 spiro atoms. The number of aromatic nitrogens is 1. The van der Waals surface area contributed by atoms with Gasteiger partial charge in [0.05, 0.1) is 5.52 Å². The molecule has 1 heterocycles. The molecule has 1 aliphatic carbocycles. The van der Waals surface area contributed by atoms with Crippen molar-refractivity contribution in [3.8, 4) is 0 Å². The predicted octanol–water partition coefficient (Wildman–Crippen LogP) is 6.66. The fourth-order valence-corrected chi connectivity index (χ4v) is 5.22. The molecule has 3 aromatic rings. The van der Waals surface area contributed by atoms with E-state index in [9.17, 15) is 0 Å². The topological polar surface area (TPSA) is 52.2 Å². The molecule has 0 bridgehead atoms. The first-order chi connectivity index (χ1) is 16.9. The zero-order chi connectivity index (χ0) is 24.8. The number of pyridine rings is 1. The van der Waals surface area contributed by atoms with E-state index >= 15 is 0 Å². The summed E-state index contributed by atoms with van der Waals surface area (Å²) in [6, 6.07) is 18.0. The van der Waals surface area contributed by atoms with Crippen LogP contribution in [0, 0.1) is 6.92 Å². The van der Waals surface area contributed by atoms with Crippen LogP contribution in [0.3, 0.4) is 0 Å². The maximum absolute atomic E-state index is 5.64. The minimum Gasteiger partial charge on any atom is -0.377 e. The minimum atomic E-state index is 0.402. The molecule has 0 saturated heterocycles. The number of nitrogens with one attached hydrogen (secondary N) is 3. The summed E-state index contributed by atoms with van der Waals surface area (Å²) in [6.45, 7) is 4.39. The average Bonchev–Trinajstić information content (AvgIpc) is 2.85. The van der Waals surface area contributed by atoms with Crippen LogP contribution in [0.25, 0.3) is 10.9 Å². The van der Waals surface area contributed by atoms with Gasteiger partial charge in [0.25, 0.3) is 0 Å². The number of unbranched alkanes of at least 4 members (excludes halogenated alkanes) is 1. The highest BCUT2D eigenvalue weighted by atomic mass is 32.1. The number of thiocarbonyl (C=S) groups is 1. The van der Waals surface area contributed by atoms with Gasteiger partial charge in [-0.15, -0.1) is 0 Å². The van der Waals surface area contributed by atoms with Crippen molar-refractivity contribution < 1.29 is 0 Å². The zero-order valence-electron chi connectivity index (χ0n) is 21.5. The molecule has 4 rings (SSSR count). The van der Waals surface area contributed by atoms with Crippen molar-refractivity contribution >= 4 is 45.4 Å². The molecule has 3 N–H and O–H groups in total. The Labute approximate surface area is 215 Å². The smallest absolute Gasteiger partial charge is 0.171 e. The van der Waals surface area contributed by atoms with Gasteiger partial charge in [-0.1, -0.05) is 43.7 Å². The van der Waals surface area contributed by atoms with Crippen molar-refractivity contribution in [1.29, 1.82) is 0 Å². The number of nitrogens with zero attached hydrogens (tertiary/aromatic N) is 2. The van der Waals surface area contributed by atoms with Crippen molar-refractivity contribution in [2.24, 2.45) is 0 Å². The Morgan fingerprint density at radius 2 is 1.77 bits per heavy atom. The van der Waals surface area contributed by atoms with Gasteiger partial charge in [0.2, 0.25) is 0 Å². The van der Waals surface area contributed by atoms with Crippen LogP contribution >= 0.6 is 12.2 Å². The number of benzene rings is 2. The molecule has 186 valence electrons. The van der Waals surface area contributed by atoms with Gasteiger partial charge < -0.3 is 20.9 Å². The van der Waals surface area contributed by atoms with Gasteiger partial charge in [-0.25, -0.2) is 4.98 Å². The van der Waals surface area contributed by atoms with Crippen LogP contribution in [0.5, 0.6) is 0 Å². The van der Waals surface area contributed by atoms with E-state index < -0.39 is 0 Å². The molecule has 1 aliphatic rings. The van der Waals surface area contributed by atoms with Gasteiger partial charge in [0.1, 0.15) is 5.82 Å². The highest BCUT2D eigenvalue weighted by Crippen LogP contribution is 2.29. The predicted molar refractivity (Wildman–Crippen MR) is 155 cm³/mol. The number of hydrogen-bond acceptors (Lipinski definition) is 4.